The molecule has 0 fully saturated rings. The van der Waals surface area contributed by atoms with Gasteiger partial charge in [0, 0.05) is 12.3 Å². The fourth-order valence-corrected chi connectivity index (χ4v) is 3.89. The molecular weight excluding hydrogens is 473 g/mol. The maximum atomic E-state index is 13.1. The SMILES string of the molecule is O=C(NC(c1ccccc1)c1ccc2nc(C(F)(F)F)[nH]c2c1)c1ccc(Cn2ccccc2=O)o1. The van der Waals surface area contributed by atoms with E-state index in [2.05, 4.69) is 15.3 Å². The van der Waals surface area contributed by atoms with Gasteiger partial charge in [-0.1, -0.05) is 42.5 Å². The number of nitrogens with one attached hydrogen (secondary N) is 2. The Balaban J connectivity index is 1.43. The van der Waals surface area contributed by atoms with E-state index in [4.69, 9.17) is 4.42 Å². The van der Waals surface area contributed by atoms with Crippen molar-refractivity contribution in [3.63, 3.8) is 0 Å². The summed E-state index contributed by atoms with van der Waals surface area (Å²) in [7, 11) is 0. The lowest BCUT2D eigenvalue weighted by molar-refractivity contribution is -0.144. The lowest BCUT2D eigenvalue weighted by Gasteiger charge is -2.19. The third kappa shape index (κ3) is 4.78. The molecule has 0 bridgehead atoms. The second-order valence-corrected chi connectivity index (χ2v) is 8.11. The first-order chi connectivity index (χ1) is 17.3. The number of furan rings is 1. The number of H-pyrrole nitrogens is 1. The minimum absolute atomic E-state index is 0.0388. The number of pyridine rings is 1. The Labute approximate surface area is 202 Å². The van der Waals surface area contributed by atoms with E-state index in [-0.39, 0.29) is 28.9 Å². The predicted molar refractivity (Wildman–Crippen MR) is 125 cm³/mol. The molecule has 1 unspecified atom stereocenters. The van der Waals surface area contributed by atoms with E-state index in [0.717, 1.165) is 5.56 Å². The van der Waals surface area contributed by atoms with Crippen LogP contribution in [-0.4, -0.2) is 20.4 Å². The number of alkyl halides is 3. The van der Waals surface area contributed by atoms with Crippen molar-refractivity contribution in [2.45, 2.75) is 18.8 Å². The molecule has 1 amide bonds. The summed E-state index contributed by atoms with van der Waals surface area (Å²) in [6.07, 6.45) is -2.99. The molecule has 2 aromatic carbocycles. The first-order valence-electron chi connectivity index (χ1n) is 10.9. The molecule has 36 heavy (non-hydrogen) atoms. The average Bonchev–Trinajstić information content (AvgIpc) is 3.51. The lowest BCUT2D eigenvalue weighted by atomic mass is 9.98. The molecular formula is C26H19F3N4O3. The molecule has 3 aromatic heterocycles. The highest BCUT2D eigenvalue weighted by molar-refractivity contribution is 5.92. The van der Waals surface area contributed by atoms with Crippen molar-refractivity contribution in [1.82, 2.24) is 19.9 Å². The van der Waals surface area contributed by atoms with Gasteiger partial charge in [-0.05, 0) is 41.5 Å². The van der Waals surface area contributed by atoms with Crippen LogP contribution in [0.3, 0.4) is 0 Å². The van der Waals surface area contributed by atoms with E-state index in [1.165, 1.54) is 28.8 Å². The van der Waals surface area contributed by atoms with E-state index < -0.39 is 23.9 Å². The fraction of sp³-hybridized carbons (Fsp3) is 0.115. The summed E-state index contributed by atoms with van der Waals surface area (Å²) >= 11 is 0. The number of hydrogen-bond donors (Lipinski definition) is 2. The van der Waals surface area contributed by atoms with Gasteiger partial charge in [0.1, 0.15) is 5.76 Å². The predicted octanol–water partition coefficient (Wildman–Crippen LogP) is 4.90. The third-order valence-electron chi connectivity index (χ3n) is 5.63. The minimum atomic E-state index is -4.60. The summed E-state index contributed by atoms with van der Waals surface area (Å²) in [6.45, 7) is 0.160. The number of rotatable bonds is 6. The molecule has 5 aromatic rings. The zero-order chi connectivity index (χ0) is 25.3. The first kappa shape index (κ1) is 23.2. The summed E-state index contributed by atoms with van der Waals surface area (Å²) in [5, 5.41) is 2.90. The zero-order valence-corrected chi connectivity index (χ0v) is 18.6. The van der Waals surface area contributed by atoms with E-state index in [0.29, 0.717) is 11.3 Å². The third-order valence-corrected chi connectivity index (χ3v) is 5.63. The average molecular weight is 492 g/mol. The van der Waals surface area contributed by atoms with Gasteiger partial charge in [-0.25, -0.2) is 4.98 Å². The highest BCUT2D eigenvalue weighted by Gasteiger charge is 2.34. The minimum Gasteiger partial charge on any atom is -0.454 e. The number of fused-ring (bicyclic) bond motifs is 1. The lowest BCUT2D eigenvalue weighted by Crippen LogP contribution is -2.29. The number of carbonyl (C=O) groups is 1. The van der Waals surface area contributed by atoms with Crippen LogP contribution in [0.2, 0.25) is 0 Å². The number of hydrogen-bond acceptors (Lipinski definition) is 4. The maximum Gasteiger partial charge on any atom is 0.449 e. The van der Waals surface area contributed by atoms with Crippen molar-refractivity contribution >= 4 is 16.9 Å². The summed E-state index contributed by atoms with van der Waals surface area (Å²) in [5.41, 5.74) is 1.44. The molecule has 0 spiro atoms. The number of imidazole rings is 1. The van der Waals surface area contributed by atoms with E-state index in [9.17, 15) is 22.8 Å². The fourth-order valence-electron chi connectivity index (χ4n) is 3.89. The van der Waals surface area contributed by atoms with Crippen molar-refractivity contribution in [2.75, 3.05) is 0 Å². The van der Waals surface area contributed by atoms with Gasteiger partial charge in [0.25, 0.3) is 11.5 Å². The van der Waals surface area contributed by atoms with Gasteiger partial charge >= 0.3 is 6.18 Å². The van der Waals surface area contributed by atoms with Crippen LogP contribution in [-0.2, 0) is 12.7 Å². The molecule has 0 saturated heterocycles. The molecule has 0 saturated carbocycles. The smallest absolute Gasteiger partial charge is 0.449 e. The van der Waals surface area contributed by atoms with E-state index in [1.54, 1.807) is 54.7 Å². The first-order valence-corrected chi connectivity index (χ1v) is 10.9. The van der Waals surface area contributed by atoms with Crippen LogP contribution in [0.25, 0.3) is 11.0 Å². The largest absolute Gasteiger partial charge is 0.454 e. The zero-order valence-electron chi connectivity index (χ0n) is 18.6. The van der Waals surface area contributed by atoms with Crippen LogP contribution in [0.15, 0.2) is 94.3 Å². The van der Waals surface area contributed by atoms with Crippen LogP contribution >= 0.6 is 0 Å². The Hall–Kier alpha value is -4.60. The second kappa shape index (κ2) is 9.21. The molecule has 0 aliphatic carbocycles. The quantitative estimate of drug-likeness (QED) is 0.353. The number of carbonyl (C=O) groups excluding carboxylic acids is 1. The van der Waals surface area contributed by atoms with Crippen LogP contribution < -0.4 is 10.9 Å². The summed E-state index contributed by atoms with van der Waals surface area (Å²) < 4.78 is 46.4. The normalized spacial score (nSPS) is 12.5. The van der Waals surface area contributed by atoms with Gasteiger partial charge in [-0.2, -0.15) is 13.2 Å². The van der Waals surface area contributed by atoms with Gasteiger partial charge in [-0.3, -0.25) is 9.59 Å². The summed E-state index contributed by atoms with van der Waals surface area (Å²) in [4.78, 5) is 30.9. The van der Waals surface area contributed by atoms with Crippen molar-refractivity contribution in [1.29, 1.82) is 0 Å². The summed E-state index contributed by atoms with van der Waals surface area (Å²) in [5.74, 6) is -1.15. The number of halogens is 3. The van der Waals surface area contributed by atoms with Gasteiger partial charge in [0.05, 0.1) is 23.6 Å². The molecule has 3 heterocycles. The number of nitrogens with zero attached hydrogens (tertiary/aromatic N) is 2. The van der Waals surface area contributed by atoms with Crippen molar-refractivity contribution in [3.8, 4) is 0 Å². The van der Waals surface area contributed by atoms with Gasteiger partial charge in [0.2, 0.25) is 5.82 Å². The Morgan fingerprint density at radius 3 is 2.53 bits per heavy atom. The number of benzene rings is 2. The topological polar surface area (TPSA) is 92.9 Å². The van der Waals surface area contributed by atoms with Crippen LogP contribution in [0, 0.1) is 0 Å². The molecule has 5 rings (SSSR count). The molecule has 0 radical (unpaired) electrons. The Morgan fingerprint density at radius 1 is 1.00 bits per heavy atom. The molecule has 0 aliphatic rings. The molecule has 7 nitrogen and oxygen atoms in total. The van der Waals surface area contributed by atoms with E-state index >= 15 is 0 Å². The highest BCUT2D eigenvalue weighted by Crippen LogP contribution is 2.30. The molecule has 0 aliphatic heterocycles. The van der Waals surface area contributed by atoms with E-state index in [1.807, 2.05) is 6.07 Å². The molecule has 182 valence electrons. The van der Waals surface area contributed by atoms with Gasteiger partial charge in [-0.15, -0.1) is 0 Å². The molecule has 1 atom stereocenters. The standard InChI is InChI=1S/C26H19F3N4O3/c27-26(28,29)25-30-19-11-9-17(14-20(19)31-25)23(16-6-2-1-3-7-16)32-24(35)21-12-10-18(36-21)15-33-13-5-4-8-22(33)34/h1-14,23H,15H2,(H,30,31)(H,32,35). The Bertz CT molecular complexity index is 1590. The Morgan fingerprint density at radius 2 is 1.78 bits per heavy atom. The van der Waals surface area contributed by atoms with Crippen LogP contribution in [0.1, 0.15) is 39.3 Å². The summed E-state index contributed by atoms with van der Waals surface area (Å²) in [6, 6.07) is 20.9. The van der Waals surface area contributed by atoms with Crippen molar-refractivity contribution in [3.05, 3.63) is 124 Å². The monoisotopic (exact) mass is 492 g/mol. The molecule has 10 heteroatoms. The van der Waals surface area contributed by atoms with Crippen LogP contribution in [0.4, 0.5) is 13.2 Å². The van der Waals surface area contributed by atoms with Gasteiger partial charge in [0.15, 0.2) is 5.76 Å². The number of aromatic amines is 1. The van der Waals surface area contributed by atoms with Gasteiger partial charge < -0.3 is 19.3 Å². The van der Waals surface area contributed by atoms with Crippen molar-refractivity contribution < 1.29 is 22.4 Å². The highest BCUT2D eigenvalue weighted by atomic mass is 19.4. The number of amides is 1. The van der Waals surface area contributed by atoms with Crippen LogP contribution in [0.5, 0.6) is 0 Å². The second-order valence-electron chi connectivity index (χ2n) is 8.11. The Kier molecular flexibility index (Phi) is 5.93. The molecule has 2 N–H and O–H groups in total. The van der Waals surface area contributed by atoms with Crippen molar-refractivity contribution in [2.24, 2.45) is 0 Å². The maximum absolute atomic E-state index is 13.1. The number of aromatic nitrogens is 3.